The molecule has 3 rings (SSSR count). The minimum absolute atomic E-state index is 0.102. The number of benzene rings is 2. The van der Waals surface area contributed by atoms with Crippen LogP contribution in [-0.2, 0) is 20.1 Å². The highest BCUT2D eigenvalue weighted by Gasteiger charge is 2.38. The first-order valence-corrected chi connectivity index (χ1v) is 10.6. The molecule has 1 heterocycles. The molecular weight excluding hydrogens is 389 g/mol. The summed E-state index contributed by atoms with van der Waals surface area (Å²) in [6.45, 7) is 4.66. The Kier molecular flexibility index (Phi) is 7.23. The lowest BCUT2D eigenvalue weighted by Gasteiger charge is -2.15. The predicted octanol–water partition coefficient (Wildman–Crippen LogP) is 4.65. The standard InChI is InChI=1S/C23H24FNO3S/c1-16(2)28-14-6-13-25-22(26)20(18-9-11-19(24)12-10-18)21(23(25)27)29-15-17-7-4-3-5-8-17/h3-5,7-12,16H,6,13-15H2,1-2H3. The van der Waals surface area contributed by atoms with Crippen LogP contribution >= 0.6 is 11.8 Å². The fourth-order valence-electron chi connectivity index (χ4n) is 3.03. The molecule has 1 aliphatic heterocycles. The summed E-state index contributed by atoms with van der Waals surface area (Å²) in [5, 5.41) is 0. The van der Waals surface area contributed by atoms with Gasteiger partial charge in [-0.05, 0) is 43.5 Å². The van der Waals surface area contributed by atoms with Gasteiger partial charge in [-0.2, -0.15) is 0 Å². The van der Waals surface area contributed by atoms with Gasteiger partial charge >= 0.3 is 0 Å². The quantitative estimate of drug-likeness (QED) is 0.443. The number of carbonyl (C=O) groups is 2. The van der Waals surface area contributed by atoms with Crippen molar-refractivity contribution in [2.75, 3.05) is 13.2 Å². The predicted molar refractivity (Wildman–Crippen MR) is 113 cm³/mol. The molecular formula is C23H24FNO3S. The van der Waals surface area contributed by atoms with E-state index in [1.807, 2.05) is 44.2 Å². The number of nitrogens with zero attached hydrogens (tertiary/aromatic N) is 1. The minimum atomic E-state index is -0.382. The van der Waals surface area contributed by atoms with Gasteiger partial charge in [-0.25, -0.2) is 4.39 Å². The summed E-state index contributed by atoms with van der Waals surface area (Å²) in [6, 6.07) is 15.5. The number of ether oxygens (including phenoxy) is 1. The zero-order valence-electron chi connectivity index (χ0n) is 16.6. The van der Waals surface area contributed by atoms with Crippen molar-refractivity contribution in [1.29, 1.82) is 0 Å². The van der Waals surface area contributed by atoms with E-state index in [0.717, 1.165) is 5.56 Å². The number of imide groups is 1. The largest absolute Gasteiger partial charge is 0.379 e. The van der Waals surface area contributed by atoms with Gasteiger partial charge in [-0.3, -0.25) is 14.5 Å². The fourth-order valence-corrected chi connectivity index (χ4v) is 4.12. The molecule has 6 heteroatoms. The van der Waals surface area contributed by atoms with Crippen LogP contribution in [0.4, 0.5) is 4.39 Å². The first kappa shape index (κ1) is 21.3. The molecule has 4 nitrogen and oxygen atoms in total. The van der Waals surface area contributed by atoms with Crippen LogP contribution in [0, 0.1) is 5.82 Å². The van der Waals surface area contributed by atoms with E-state index in [1.54, 1.807) is 12.1 Å². The number of carbonyl (C=O) groups excluding carboxylic acids is 2. The third-order valence-electron chi connectivity index (χ3n) is 4.46. The van der Waals surface area contributed by atoms with Crippen LogP contribution in [-0.4, -0.2) is 36.0 Å². The molecule has 152 valence electrons. The Morgan fingerprint density at radius 2 is 1.69 bits per heavy atom. The van der Waals surface area contributed by atoms with Crippen molar-refractivity contribution in [3.8, 4) is 0 Å². The second kappa shape index (κ2) is 9.85. The maximum Gasteiger partial charge on any atom is 0.267 e. The van der Waals surface area contributed by atoms with Gasteiger partial charge in [0.25, 0.3) is 11.8 Å². The monoisotopic (exact) mass is 413 g/mol. The average Bonchev–Trinajstić information content (AvgIpc) is 2.94. The van der Waals surface area contributed by atoms with E-state index < -0.39 is 0 Å². The molecule has 0 radical (unpaired) electrons. The zero-order valence-corrected chi connectivity index (χ0v) is 17.4. The van der Waals surface area contributed by atoms with Gasteiger partial charge in [-0.1, -0.05) is 42.5 Å². The zero-order chi connectivity index (χ0) is 20.8. The second-order valence-corrected chi connectivity index (χ2v) is 8.01. The first-order chi connectivity index (χ1) is 14.0. The third kappa shape index (κ3) is 5.34. The summed E-state index contributed by atoms with van der Waals surface area (Å²) in [6.07, 6.45) is 0.674. The van der Waals surface area contributed by atoms with Gasteiger partial charge in [0.1, 0.15) is 5.82 Å². The highest BCUT2D eigenvalue weighted by molar-refractivity contribution is 8.03. The van der Waals surface area contributed by atoms with Crippen molar-refractivity contribution in [1.82, 2.24) is 4.90 Å². The molecule has 0 spiro atoms. The summed E-state index contributed by atoms with van der Waals surface area (Å²) in [5.74, 6) is -0.432. The number of rotatable bonds is 9. The van der Waals surface area contributed by atoms with Gasteiger partial charge in [0.2, 0.25) is 0 Å². The topological polar surface area (TPSA) is 46.6 Å². The maximum absolute atomic E-state index is 13.4. The number of amides is 2. The Morgan fingerprint density at radius 1 is 1.00 bits per heavy atom. The lowest BCUT2D eigenvalue weighted by atomic mass is 10.1. The van der Waals surface area contributed by atoms with Gasteiger partial charge in [0.05, 0.1) is 16.6 Å². The van der Waals surface area contributed by atoms with Crippen molar-refractivity contribution in [3.05, 3.63) is 76.4 Å². The lowest BCUT2D eigenvalue weighted by molar-refractivity contribution is -0.136. The van der Waals surface area contributed by atoms with E-state index in [4.69, 9.17) is 4.74 Å². The highest BCUT2D eigenvalue weighted by atomic mass is 32.2. The number of hydrogen-bond acceptors (Lipinski definition) is 4. The van der Waals surface area contributed by atoms with E-state index in [2.05, 4.69) is 0 Å². The Bertz CT molecular complexity index is 894. The van der Waals surface area contributed by atoms with E-state index in [-0.39, 0.29) is 23.7 Å². The van der Waals surface area contributed by atoms with E-state index >= 15 is 0 Å². The molecule has 0 bridgehead atoms. The second-order valence-electron chi connectivity index (χ2n) is 7.02. The lowest BCUT2D eigenvalue weighted by Crippen LogP contribution is -2.33. The van der Waals surface area contributed by atoms with Crippen molar-refractivity contribution in [2.24, 2.45) is 0 Å². The van der Waals surface area contributed by atoms with Crippen LogP contribution in [0.5, 0.6) is 0 Å². The van der Waals surface area contributed by atoms with Crippen molar-refractivity contribution in [3.63, 3.8) is 0 Å². The molecule has 0 aromatic heterocycles. The van der Waals surface area contributed by atoms with Crippen LogP contribution < -0.4 is 0 Å². The van der Waals surface area contributed by atoms with Gasteiger partial charge in [0.15, 0.2) is 0 Å². The van der Waals surface area contributed by atoms with Crippen LogP contribution in [0.1, 0.15) is 31.4 Å². The molecule has 0 unspecified atom stereocenters. The first-order valence-electron chi connectivity index (χ1n) is 9.62. The van der Waals surface area contributed by atoms with E-state index in [0.29, 0.717) is 41.4 Å². The molecule has 0 N–H and O–H groups in total. The number of hydrogen-bond donors (Lipinski definition) is 0. The molecule has 2 aromatic carbocycles. The molecule has 2 aromatic rings. The molecule has 0 saturated carbocycles. The van der Waals surface area contributed by atoms with Crippen LogP contribution in [0.3, 0.4) is 0 Å². The van der Waals surface area contributed by atoms with Crippen molar-refractivity contribution < 1.29 is 18.7 Å². The normalized spacial score (nSPS) is 14.4. The molecule has 0 fully saturated rings. The fraction of sp³-hybridized carbons (Fsp3) is 0.304. The molecule has 0 aliphatic carbocycles. The summed E-state index contributed by atoms with van der Waals surface area (Å²) < 4.78 is 18.9. The Balaban J connectivity index is 1.82. The number of thioether (sulfide) groups is 1. The van der Waals surface area contributed by atoms with Gasteiger partial charge < -0.3 is 4.74 Å². The summed E-state index contributed by atoms with van der Waals surface area (Å²) in [7, 11) is 0. The molecule has 2 amide bonds. The SMILES string of the molecule is CC(C)OCCCN1C(=O)C(SCc2ccccc2)=C(c2ccc(F)cc2)C1=O. The molecule has 1 aliphatic rings. The Labute approximate surface area is 174 Å². The van der Waals surface area contributed by atoms with E-state index in [1.165, 1.54) is 28.8 Å². The summed E-state index contributed by atoms with van der Waals surface area (Å²) in [5.41, 5.74) is 1.97. The Morgan fingerprint density at radius 3 is 2.34 bits per heavy atom. The third-order valence-corrected chi connectivity index (χ3v) is 5.61. The smallest absolute Gasteiger partial charge is 0.267 e. The minimum Gasteiger partial charge on any atom is -0.379 e. The average molecular weight is 414 g/mol. The molecule has 0 saturated heterocycles. The highest BCUT2D eigenvalue weighted by Crippen LogP contribution is 2.37. The van der Waals surface area contributed by atoms with Crippen LogP contribution in [0.2, 0.25) is 0 Å². The van der Waals surface area contributed by atoms with E-state index in [9.17, 15) is 14.0 Å². The maximum atomic E-state index is 13.4. The summed E-state index contributed by atoms with van der Waals surface area (Å²) in [4.78, 5) is 27.8. The van der Waals surface area contributed by atoms with Crippen molar-refractivity contribution in [2.45, 2.75) is 32.1 Å². The van der Waals surface area contributed by atoms with Crippen LogP contribution in [0.25, 0.3) is 5.57 Å². The van der Waals surface area contributed by atoms with Gasteiger partial charge in [0, 0.05) is 18.9 Å². The van der Waals surface area contributed by atoms with Crippen molar-refractivity contribution >= 4 is 29.1 Å². The Hall–Kier alpha value is -2.44. The summed E-state index contributed by atoms with van der Waals surface area (Å²) >= 11 is 1.35. The van der Waals surface area contributed by atoms with Gasteiger partial charge in [-0.15, -0.1) is 11.8 Å². The molecule has 29 heavy (non-hydrogen) atoms. The number of halogens is 1. The molecule has 0 atom stereocenters. The van der Waals surface area contributed by atoms with Crippen LogP contribution in [0.15, 0.2) is 59.5 Å².